The van der Waals surface area contributed by atoms with Gasteiger partial charge in [0.1, 0.15) is 18.0 Å². The molecule has 3 aromatic heterocycles. The lowest BCUT2D eigenvalue weighted by atomic mass is 10.2. The van der Waals surface area contributed by atoms with Crippen molar-refractivity contribution in [2.45, 2.75) is 0 Å². The molecule has 0 aromatic carbocycles. The maximum absolute atomic E-state index is 12.7. The van der Waals surface area contributed by atoms with Crippen LogP contribution in [-0.2, 0) is 0 Å². The second-order valence-corrected chi connectivity index (χ2v) is 6.19. The zero-order valence-electron chi connectivity index (χ0n) is 15.0. The molecule has 0 spiro atoms. The van der Waals surface area contributed by atoms with Crippen LogP contribution in [-0.4, -0.2) is 63.6 Å². The number of amides is 1. The van der Waals surface area contributed by atoms with E-state index in [-0.39, 0.29) is 5.91 Å². The van der Waals surface area contributed by atoms with E-state index < -0.39 is 0 Å². The van der Waals surface area contributed by atoms with Crippen LogP contribution in [0.1, 0.15) is 10.4 Å². The zero-order valence-corrected chi connectivity index (χ0v) is 15.0. The summed E-state index contributed by atoms with van der Waals surface area (Å²) in [5, 5.41) is 0. The molecule has 4 rings (SSSR count). The van der Waals surface area contributed by atoms with Crippen molar-refractivity contribution in [3.05, 3.63) is 60.8 Å². The predicted octanol–water partition coefficient (Wildman–Crippen LogP) is 1.63. The van der Waals surface area contributed by atoms with Gasteiger partial charge in [-0.05, 0) is 18.2 Å². The number of pyridine rings is 1. The van der Waals surface area contributed by atoms with Crippen molar-refractivity contribution < 1.29 is 9.53 Å². The third-order valence-electron chi connectivity index (χ3n) is 4.59. The molecule has 0 N–H and O–H groups in total. The molecule has 0 saturated carbocycles. The van der Waals surface area contributed by atoms with Crippen LogP contribution >= 0.6 is 0 Å². The predicted molar refractivity (Wildman–Crippen MR) is 100 cm³/mol. The molecule has 27 heavy (non-hydrogen) atoms. The van der Waals surface area contributed by atoms with Crippen LogP contribution in [0.25, 0.3) is 5.82 Å². The lowest BCUT2D eigenvalue weighted by molar-refractivity contribution is 0.0746. The largest absolute Gasteiger partial charge is 0.481 e. The summed E-state index contributed by atoms with van der Waals surface area (Å²) in [6.45, 7) is 2.70. The van der Waals surface area contributed by atoms with Crippen molar-refractivity contribution in [3.63, 3.8) is 0 Å². The van der Waals surface area contributed by atoms with Crippen LogP contribution in [0.4, 0.5) is 5.82 Å². The fraction of sp³-hybridized carbons (Fsp3) is 0.263. The van der Waals surface area contributed by atoms with Crippen molar-refractivity contribution in [2.24, 2.45) is 0 Å². The summed E-state index contributed by atoms with van der Waals surface area (Å²) in [4.78, 5) is 29.5. The third kappa shape index (κ3) is 3.59. The Labute approximate surface area is 157 Å². The van der Waals surface area contributed by atoms with E-state index in [0.29, 0.717) is 24.5 Å². The molecule has 0 radical (unpaired) electrons. The van der Waals surface area contributed by atoms with Crippen LogP contribution in [0.15, 0.2) is 55.2 Å². The summed E-state index contributed by atoms with van der Waals surface area (Å²) in [7, 11) is 1.54. The summed E-state index contributed by atoms with van der Waals surface area (Å²) >= 11 is 0. The van der Waals surface area contributed by atoms with Crippen LogP contribution < -0.4 is 9.64 Å². The summed E-state index contributed by atoms with van der Waals surface area (Å²) in [6, 6.07) is 9.26. The van der Waals surface area contributed by atoms with E-state index in [9.17, 15) is 4.79 Å². The van der Waals surface area contributed by atoms with E-state index in [4.69, 9.17) is 4.74 Å². The van der Waals surface area contributed by atoms with Gasteiger partial charge in [0.15, 0.2) is 0 Å². The number of carbonyl (C=O) groups is 1. The summed E-state index contributed by atoms with van der Waals surface area (Å²) in [6.07, 6.45) is 7.06. The number of hydrogen-bond acceptors (Lipinski definition) is 6. The lowest BCUT2D eigenvalue weighted by Crippen LogP contribution is -2.49. The Morgan fingerprint density at radius 3 is 2.48 bits per heavy atom. The van der Waals surface area contributed by atoms with Gasteiger partial charge in [-0.3, -0.25) is 4.79 Å². The highest BCUT2D eigenvalue weighted by molar-refractivity contribution is 5.94. The zero-order chi connectivity index (χ0) is 18.6. The topological polar surface area (TPSA) is 76.4 Å². The van der Waals surface area contributed by atoms with Gasteiger partial charge in [0.2, 0.25) is 5.88 Å². The summed E-state index contributed by atoms with van der Waals surface area (Å²) in [5.41, 5.74) is 0.590. The Balaban J connectivity index is 1.43. The molecule has 4 heterocycles. The molecule has 1 saturated heterocycles. The van der Waals surface area contributed by atoms with Gasteiger partial charge in [-0.15, -0.1) is 0 Å². The van der Waals surface area contributed by atoms with Gasteiger partial charge in [-0.1, -0.05) is 0 Å². The minimum atomic E-state index is -0.00827. The van der Waals surface area contributed by atoms with Gasteiger partial charge in [0, 0.05) is 62.5 Å². The smallest absolute Gasteiger partial charge is 0.254 e. The highest BCUT2D eigenvalue weighted by atomic mass is 16.5. The fourth-order valence-corrected chi connectivity index (χ4v) is 3.11. The Hall–Kier alpha value is -3.42. The number of aromatic nitrogens is 4. The normalized spacial score (nSPS) is 14.3. The van der Waals surface area contributed by atoms with Crippen molar-refractivity contribution >= 4 is 11.7 Å². The van der Waals surface area contributed by atoms with Crippen LogP contribution in [0, 0.1) is 0 Å². The monoisotopic (exact) mass is 364 g/mol. The second-order valence-electron chi connectivity index (χ2n) is 6.19. The number of carbonyl (C=O) groups excluding carboxylic acids is 1. The standard InChI is InChI=1S/C19H20N6O2/c1-27-18-12-15(4-5-20-18)19(26)25-10-8-24(9-11-25)17-13-16(21-14-22-17)23-6-2-3-7-23/h2-7,12-14H,8-11H2,1H3. The molecule has 1 aliphatic rings. The SMILES string of the molecule is COc1cc(C(=O)N2CCN(c3cc(-n4cccc4)ncn3)CC2)ccn1. The van der Waals surface area contributed by atoms with Gasteiger partial charge in [0.05, 0.1) is 7.11 Å². The van der Waals surface area contributed by atoms with E-state index in [0.717, 1.165) is 24.7 Å². The van der Waals surface area contributed by atoms with Gasteiger partial charge in [-0.25, -0.2) is 15.0 Å². The van der Waals surface area contributed by atoms with Gasteiger partial charge >= 0.3 is 0 Å². The number of methoxy groups -OCH3 is 1. The van der Waals surface area contributed by atoms with E-state index >= 15 is 0 Å². The summed E-state index contributed by atoms with van der Waals surface area (Å²) in [5.74, 6) is 2.13. The Morgan fingerprint density at radius 2 is 1.74 bits per heavy atom. The molecular weight excluding hydrogens is 344 g/mol. The highest BCUT2D eigenvalue weighted by Gasteiger charge is 2.23. The summed E-state index contributed by atoms with van der Waals surface area (Å²) < 4.78 is 7.05. The molecule has 0 bridgehead atoms. The first kappa shape index (κ1) is 17.0. The third-order valence-corrected chi connectivity index (χ3v) is 4.59. The molecule has 0 atom stereocenters. The maximum Gasteiger partial charge on any atom is 0.254 e. The Kier molecular flexibility index (Phi) is 4.69. The van der Waals surface area contributed by atoms with Gasteiger partial charge in [0.25, 0.3) is 5.91 Å². The van der Waals surface area contributed by atoms with Gasteiger partial charge in [-0.2, -0.15) is 0 Å². The number of anilines is 1. The lowest BCUT2D eigenvalue weighted by Gasteiger charge is -2.35. The fourth-order valence-electron chi connectivity index (χ4n) is 3.11. The van der Waals surface area contributed by atoms with Crippen molar-refractivity contribution in [3.8, 4) is 11.7 Å². The van der Waals surface area contributed by atoms with Crippen LogP contribution in [0.5, 0.6) is 5.88 Å². The second kappa shape index (κ2) is 7.45. The first-order valence-corrected chi connectivity index (χ1v) is 8.74. The van der Waals surface area contributed by atoms with Crippen LogP contribution in [0.2, 0.25) is 0 Å². The molecule has 1 fully saturated rings. The van der Waals surface area contributed by atoms with Gasteiger partial charge < -0.3 is 19.1 Å². The first-order chi connectivity index (χ1) is 13.2. The minimum absolute atomic E-state index is 0.00827. The van der Waals surface area contributed by atoms with Crippen LogP contribution in [0.3, 0.4) is 0 Å². The van der Waals surface area contributed by atoms with Crippen molar-refractivity contribution in [1.82, 2.24) is 24.4 Å². The number of rotatable bonds is 4. The number of piperazine rings is 1. The molecular formula is C19H20N6O2. The molecule has 8 heteroatoms. The molecule has 1 aliphatic heterocycles. The van der Waals surface area contributed by atoms with E-state index in [1.807, 2.05) is 40.1 Å². The average molecular weight is 364 g/mol. The van der Waals surface area contributed by atoms with Crippen molar-refractivity contribution in [1.29, 1.82) is 0 Å². The highest BCUT2D eigenvalue weighted by Crippen LogP contribution is 2.18. The quantitative estimate of drug-likeness (QED) is 0.700. The molecule has 1 amide bonds. The first-order valence-electron chi connectivity index (χ1n) is 8.74. The van der Waals surface area contributed by atoms with Crippen molar-refractivity contribution in [2.75, 3.05) is 38.2 Å². The molecule has 8 nitrogen and oxygen atoms in total. The Bertz CT molecular complexity index is 919. The molecule has 0 unspecified atom stereocenters. The molecule has 3 aromatic rings. The number of nitrogens with zero attached hydrogens (tertiary/aromatic N) is 6. The molecule has 0 aliphatic carbocycles. The number of ether oxygens (including phenoxy) is 1. The minimum Gasteiger partial charge on any atom is -0.481 e. The number of hydrogen-bond donors (Lipinski definition) is 0. The Morgan fingerprint density at radius 1 is 1.00 bits per heavy atom. The van der Waals surface area contributed by atoms with E-state index in [1.54, 1.807) is 31.8 Å². The van der Waals surface area contributed by atoms with E-state index in [2.05, 4.69) is 19.9 Å². The average Bonchev–Trinajstić information content (AvgIpc) is 3.28. The molecule has 138 valence electrons. The van der Waals surface area contributed by atoms with E-state index in [1.165, 1.54) is 0 Å². The maximum atomic E-state index is 12.7.